The Hall–Kier alpha value is -1.63. The molecule has 1 N–H and O–H groups in total. The van der Waals surface area contributed by atoms with Gasteiger partial charge in [-0.15, -0.1) is 6.42 Å². The highest BCUT2D eigenvalue weighted by molar-refractivity contribution is 5.27. The second kappa shape index (κ2) is 17.4. The van der Waals surface area contributed by atoms with Gasteiger partial charge in [-0.2, -0.15) is 0 Å². The topological polar surface area (TPSA) is 29.5 Å². The summed E-state index contributed by atoms with van der Waals surface area (Å²) in [5, 5.41) is 10.1. The number of hydrogen-bond acceptors (Lipinski definition) is 2. The maximum Gasteiger partial charge on any atom is 0.136 e. The highest BCUT2D eigenvalue weighted by Crippen LogP contribution is 2.13. The monoisotopic (exact) mass is 308 g/mol. The van der Waals surface area contributed by atoms with Crippen molar-refractivity contribution in [3.63, 3.8) is 0 Å². The van der Waals surface area contributed by atoms with Crippen molar-refractivity contribution in [3.8, 4) is 12.3 Å². The normalized spacial score (nSPS) is 14.9. The summed E-state index contributed by atoms with van der Waals surface area (Å²) in [6, 6.07) is 0. The fourth-order valence-corrected chi connectivity index (χ4v) is 1.52. The SMILES string of the molecule is C#CC(/C=C(\C=C/CF)C(O)CC/C=C\C=C/C)OC.CC. The molecular formula is C19H29FO2. The van der Waals surface area contributed by atoms with Crippen molar-refractivity contribution < 1.29 is 14.2 Å². The highest BCUT2D eigenvalue weighted by atomic mass is 19.1. The summed E-state index contributed by atoms with van der Waals surface area (Å²) in [7, 11) is 1.49. The number of hydrogen-bond donors (Lipinski definition) is 1. The molecule has 0 aromatic rings. The molecule has 0 amide bonds. The van der Waals surface area contributed by atoms with Crippen LogP contribution >= 0.6 is 0 Å². The lowest BCUT2D eigenvalue weighted by atomic mass is 10.0. The van der Waals surface area contributed by atoms with Gasteiger partial charge in [-0.25, -0.2) is 4.39 Å². The number of halogens is 1. The van der Waals surface area contributed by atoms with E-state index in [1.165, 1.54) is 13.2 Å². The molecule has 3 heteroatoms. The van der Waals surface area contributed by atoms with E-state index in [1.54, 1.807) is 12.2 Å². The number of alkyl halides is 1. The van der Waals surface area contributed by atoms with Crippen LogP contribution in [0.3, 0.4) is 0 Å². The molecule has 0 aliphatic rings. The molecule has 2 atom stereocenters. The van der Waals surface area contributed by atoms with E-state index < -0.39 is 18.9 Å². The molecule has 0 aliphatic carbocycles. The van der Waals surface area contributed by atoms with Gasteiger partial charge in [0.2, 0.25) is 0 Å². The van der Waals surface area contributed by atoms with E-state index >= 15 is 0 Å². The molecule has 0 saturated carbocycles. The Morgan fingerprint density at radius 2 is 2.00 bits per heavy atom. The summed E-state index contributed by atoms with van der Waals surface area (Å²) >= 11 is 0. The van der Waals surface area contributed by atoms with Crippen LogP contribution in [0.1, 0.15) is 33.6 Å². The first-order chi connectivity index (χ1) is 10.7. The van der Waals surface area contributed by atoms with Crippen LogP contribution in [0.2, 0.25) is 0 Å². The fourth-order valence-electron chi connectivity index (χ4n) is 1.52. The number of allylic oxidation sites excluding steroid dienone is 5. The average molecular weight is 308 g/mol. The third kappa shape index (κ3) is 12.1. The first-order valence-corrected chi connectivity index (χ1v) is 7.58. The number of methoxy groups -OCH3 is 1. The molecule has 22 heavy (non-hydrogen) atoms. The summed E-state index contributed by atoms with van der Waals surface area (Å²) in [6.07, 6.45) is 17.6. The second-order valence-corrected chi connectivity index (χ2v) is 4.09. The van der Waals surface area contributed by atoms with Gasteiger partial charge < -0.3 is 9.84 Å². The molecule has 2 unspecified atom stereocenters. The molecule has 0 fully saturated rings. The van der Waals surface area contributed by atoms with Crippen molar-refractivity contribution >= 4 is 0 Å². The van der Waals surface area contributed by atoms with Crippen LogP contribution in [-0.4, -0.2) is 31.1 Å². The third-order valence-electron chi connectivity index (χ3n) is 2.59. The van der Waals surface area contributed by atoms with Gasteiger partial charge in [-0.3, -0.25) is 0 Å². The zero-order chi connectivity index (χ0) is 17.2. The number of aliphatic hydroxyl groups is 1. The molecule has 0 aromatic carbocycles. The Morgan fingerprint density at radius 3 is 2.50 bits per heavy atom. The molecule has 0 saturated heterocycles. The molecule has 0 heterocycles. The minimum atomic E-state index is -0.695. The quantitative estimate of drug-likeness (QED) is 0.506. The van der Waals surface area contributed by atoms with Gasteiger partial charge in [0.25, 0.3) is 0 Å². The summed E-state index contributed by atoms with van der Waals surface area (Å²) in [5.41, 5.74) is 0.576. The van der Waals surface area contributed by atoms with Crippen LogP contribution in [0, 0.1) is 12.3 Å². The summed E-state index contributed by atoms with van der Waals surface area (Å²) < 4.78 is 17.3. The average Bonchev–Trinajstić information content (AvgIpc) is 2.56. The molecule has 0 aromatic heterocycles. The second-order valence-electron chi connectivity index (χ2n) is 4.09. The van der Waals surface area contributed by atoms with Crippen molar-refractivity contribution in [1.82, 2.24) is 0 Å². The number of ether oxygens (including phenoxy) is 1. The first-order valence-electron chi connectivity index (χ1n) is 7.58. The van der Waals surface area contributed by atoms with Crippen LogP contribution in [0.5, 0.6) is 0 Å². The van der Waals surface area contributed by atoms with Gasteiger partial charge in [0.15, 0.2) is 0 Å². The van der Waals surface area contributed by atoms with Crippen LogP contribution in [0.15, 0.2) is 48.1 Å². The minimum absolute atomic E-state index is 0.525. The summed E-state index contributed by atoms with van der Waals surface area (Å²) in [4.78, 5) is 0. The Bertz CT molecular complexity index is 400. The lowest BCUT2D eigenvalue weighted by Crippen LogP contribution is -2.13. The van der Waals surface area contributed by atoms with Gasteiger partial charge in [0, 0.05) is 7.11 Å². The summed E-state index contributed by atoms with van der Waals surface area (Å²) in [5.74, 6) is 2.44. The minimum Gasteiger partial charge on any atom is -0.388 e. The van der Waals surface area contributed by atoms with Crippen LogP contribution < -0.4 is 0 Å². The summed E-state index contributed by atoms with van der Waals surface area (Å²) in [6.45, 7) is 5.35. The van der Waals surface area contributed by atoms with Gasteiger partial charge in [-0.1, -0.05) is 56.2 Å². The molecule has 0 rings (SSSR count). The van der Waals surface area contributed by atoms with Gasteiger partial charge in [0.05, 0.1) is 6.10 Å². The van der Waals surface area contributed by atoms with Gasteiger partial charge >= 0.3 is 0 Å². The third-order valence-corrected chi connectivity index (χ3v) is 2.59. The molecule has 0 bridgehead atoms. The highest BCUT2D eigenvalue weighted by Gasteiger charge is 2.09. The van der Waals surface area contributed by atoms with E-state index in [9.17, 15) is 9.50 Å². The Kier molecular flexibility index (Phi) is 17.9. The Labute approximate surface area is 135 Å². The van der Waals surface area contributed by atoms with E-state index in [0.29, 0.717) is 12.0 Å². The fraction of sp³-hybridized carbons (Fsp3) is 0.474. The number of aliphatic hydroxyl groups excluding tert-OH is 1. The van der Waals surface area contributed by atoms with E-state index in [4.69, 9.17) is 11.2 Å². The van der Waals surface area contributed by atoms with Crippen molar-refractivity contribution in [3.05, 3.63) is 48.1 Å². The predicted molar refractivity (Wildman–Crippen MR) is 93.4 cm³/mol. The van der Waals surface area contributed by atoms with Crippen molar-refractivity contribution in [1.29, 1.82) is 0 Å². The zero-order valence-electron chi connectivity index (χ0n) is 14.1. The maximum absolute atomic E-state index is 12.2. The Balaban J connectivity index is 0. The van der Waals surface area contributed by atoms with E-state index in [2.05, 4.69) is 5.92 Å². The number of terminal acetylenes is 1. The molecule has 0 spiro atoms. The van der Waals surface area contributed by atoms with Crippen LogP contribution in [0.4, 0.5) is 4.39 Å². The lowest BCUT2D eigenvalue weighted by molar-refractivity contribution is 0.176. The van der Waals surface area contributed by atoms with Gasteiger partial charge in [0.1, 0.15) is 12.8 Å². The van der Waals surface area contributed by atoms with Crippen molar-refractivity contribution in [2.45, 2.75) is 45.8 Å². The molecule has 2 nitrogen and oxygen atoms in total. The van der Waals surface area contributed by atoms with Gasteiger partial charge in [-0.05, 0) is 31.4 Å². The molecule has 0 radical (unpaired) electrons. The Morgan fingerprint density at radius 1 is 1.32 bits per heavy atom. The molecule has 124 valence electrons. The van der Waals surface area contributed by atoms with E-state index in [0.717, 1.165) is 6.42 Å². The largest absolute Gasteiger partial charge is 0.388 e. The van der Waals surface area contributed by atoms with Crippen molar-refractivity contribution in [2.24, 2.45) is 0 Å². The van der Waals surface area contributed by atoms with Crippen LogP contribution in [-0.2, 0) is 4.74 Å². The molecule has 0 aliphatic heterocycles. The van der Waals surface area contributed by atoms with E-state index in [-0.39, 0.29) is 0 Å². The first kappa shape index (κ1) is 22.6. The lowest BCUT2D eigenvalue weighted by Gasteiger charge is -2.13. The predicted octanol–water partition coefficient (Wildman–Crippen LogP) is 4.39. The van der Waals surface area contributed by atoms with E-state index in [1.807, 2.05) is 45.1 Å². The molecular weight excluding hydrogens is 279 g/mol. The standard InChI is InChI=1S/C17H23FO2.C2H6/c1-4-6-7-8-9-12-17(19)15(11-10-13-18)14-16(5-2)20-3;1-2/h2,4,6-8,10-11,14,16-17,19H,9,12-13H2,1,3H3;1-2H3/b6-4-,8-7-,11-10-,15-14+;. The number of rotatable bonds is 9. The zero-order valence-corrected chi connectivity index (χ0v) is 14.1. The maximum atomic E-state index is 12.2. The van der Waals surface area contributed by atoms with Crippen LogP contribution in [0.25, 0.3) is 0 Å². The van der Waals surface area contributed by atoms with Crippen molar-refractivity contribution in [2.75, 3.05) is 13.8 Å². The smallest absolute Gasteiger partial charge is 0.136 e.